The van der Waals surface area contributed by atoms with Gasteiger partial charge >= 0.3 is 0 Å². The molecule has 0 aliphatic rings. The molecule has 1 rings (SSSR count). The van der Waals surface area contributed by atoms with Crippen molar-refractivity contribution in [1.29, 1.82) is 0 Å². The van der Waals surface area contributed by atoms with Gasteiger partial charge in [-0.1, -0.05) is 11.8 Å². The molecule has 0 radical (unpaired) electrons. The van der Waals surface area contributed by atoms with Crippen LogP contribution in [0.15, 0.2) is 6.07 Å². The van der Waals surface area contributed by atoms with Gasteiger partial charge in [-0.3, -0.25) is 4.79 Å². The Hall–Kier alpha value is -1.31. The summed E-state index contributed by atoms with van der Waals surface area (Å²) in [7, 11) is 0. The number of aliphatic hydroxyl groups is 1. The highest BCUT2D eigenvalue weighted by molar-refractivity contribution is 7.14. The molecular weight excluding hydrogens is 234 g/mol. The van der Waals surface area contributed by atoms with E-state index in [1.54, 1.807) is 0 Å². The fourth-order valence-electron chi connectivity index (χ4n) is 1.24. The third-order valence-electron chi connectivity index (χ3n) is 1.91. The average molecular weight is 251 g/mol. The second-order valence-corrected chi connectivity index (χ2v) is 5.84. The van der Waals surface area contributed by atoms with E-state index in [1.807, 2.05) is 33.8 Å². The SMILES string of the molecule is Cc1cc(C(=O)NC(C)(C)C)sc1C#CCO. The minimum atomic E-state index is -0.244. The van der Waals surface area contributed by atoms with Crippen molar-refractivity contribution in [1.82, 2.24) is 5.32 Å². The lowest BCUT2D eigenvalue weighted by molar-refractivity contribution is 0.0923. The quantitative estimate of drug-likeness (QED) is 0.749. The summed E-state index contributed by atoms with van der Waals surface area (Å²) in [5, 5.41) is 11.5. The van der Waals surface area contributed by atoms with Gasteiger partial charge in [-0.25, -0.2) is 0 Å². The molecular formula is C13H17NO2S. The fourth-order valence-corrected chi connectivity index (χ4v) is 2.18. The van der Waals surface area contributed by atoms with Gasteiger partial charge in [0.15, 0.2) is 0 Å². The van der Waals surface area contributed by atoms with Crippen molar-refractivity contribution in [3.8, 4) is 11.8 Å². The highest BCUT2D eigenvalue weighted by atomic mass is 32.1. The molecule has 0 spiro atoms. The molecule has 3 nitrogen and oxygen atoms in total. The topological polar surface area (TPSA) is 49.3 Å². The smallest absolute Gasteiger partial charge is 0.261 e. The van der Waals surface area contributed by atoms with Gasteiger partial charge in [0.25, 0.3) is 5.91 Å². The van der Waals surface area contributed by atoms with Crippen LogP contribution < -0.4 is 5.32 Å². The molecule has 1 aromatic heterocycles. The van der Waals surface area contributed by atoms with Crippen LogP contribution in [0.25, 0.3) is 0 Å². The van der Waals surface area contributed by atoms with Gasteiger partial charge in [-0.15, -0.1) is 11.3 Å². The highest BCUT2D eigenvalue weighted by Crippen LogP contribution is 2.21. The summed E-state index contributed by atoms with van der Waals surface area (Å²) in [6.07, 6.45) is 0. The van der Waals surface area contributed by atoms with E-state index in [-0.39, 0.29) is 18.1 Å². The first-order chi connectivity index (χ1) is 7.83. The number of aliphatic hydroxyl groups excluding tert-OH is 1. The van der Waals surface area contributed by atoms with E-state index in [2.05, 4.69) is 17.2 Å². The van der Waals surface area contributed by atoms with Crippen LogP contribution in [0.4, 0.5) is 0 Å². The maximum absolute atomic E-state index is 11.9. The van der Waals surface area contributed by atoms with E-state index in [4.69, 9.17) is 5.11 Å². The van der Waals surface area contributed by atoms with E-state index in [1.165, 1.54) is 11.3 Å². The van der Waals surface area contributed by atoms with Crippen LogP contribution >= 0.6 is 11.3 Å². The first-order valence-corrected chi connectivity index (χ1v) is 6.18. The summed E-state index contributed by atoms with van der Waals surface area (Å²) in [4.78, 5) is 13.4. The normalized spacial score (nSPS) is 10.6. The zero-order valence-corrected chi connectivity index (χ0v) is 11.4. The van der Waals surface area contributed by atoms with Crippen LogP contribution in [0.5, 0.6) is 0 Å². The molecule has 0 aliphatic carbocycles. The summed E-state index contributed by atoms with van der Waals surface area (Å²) < 4.78 is 0. The Labute approximate surface area is 106 Å². The van der Waals surface area contributed by atoms with E-state index in [9.17, 15) is 4.79 Å². The summed E-state index contributed by atoms with van der Waals surface area (Å²) in [6, 6.07) is 1.83. The Morgan fingerprint density at radius 2 is 2.18 bits per heavy atom. The molecule has 4 heteroatoms. The molecule has 0 bridgehead atoms. The van der Waals surface area contributed by atoms with E-state index < -0.39 is 0 Å². The van der Waals surface area contributed by atoms with Gasteiger partial charge in [0.1, 0.15) is 6.61 Å². The van der Waals surface area contributed by atoms with Gasteiger partial charge in [0.05, 0.1) is 9.75 Å². The molecule has 0 fully saturated rings. The van der Waals surface area contributed by atoms with E-state index in [0.29, 0.717) is 4.88 Å². The third-order valence-corrected chi connectivity index (χ3v) is 3.06. The summed E-state index contributed by atoms with van der Waals surface area (Å²) >= 11 is 1.35. The molecule has 0 unspecified atom stereocenters. The molecule has 1 aromatic rings. The summed E-state index contributed by atoms with van der Waals surface area (Å²) in [5.74, 6) is 5.35. The third kappa shape index (κ3) is 4.22. The van der Waals surface area contributed by atoms with Crippen molar-refractivity contribution in [2.75, 3.05) is 6.61 Å². The number of hydrogen-bond acceptors (Lipinski definition) is 3. The molecule has 1 heterocycles. The van der Waals surface area contributed by atoms with Crippen molar-refractivity contribution in [3.05, 3.63) is 21.4 Å². The lowest BCUT2D eigenvalue weighted by atomic mass is 10.1. The number of aryl methyl sites for hydroxylation is 1. The zero-order chi connectivity index (χ0) is 13.1. The largest absolute Gasteiger partial charge is 0.384 e. The minimum Gasteiger partial charge on any atom is -0.384 e. The number of nitrogens with one attached hydrogen (secondary N) is 1. The summed E-state index contributed by atoms with van der Waals surface area (Å²) in [5.41, 5.74) is 0.723. The second kappa shape index (κ2) is 5.35. The number of rotatable bonds is 1. The maximum Gasteiger partial charge on any atom is 0.261 e. The first kappa shape index (κ1) is 13.8. The van der Waals surface area contributed by atoms with Crippen LogP contribution in [0.3, 0.4) is 0 Å². The zero-order valence-electron chi connectivity index (χ0n) is 10.5. The number of hydrogen-bond donors (Lipinski definition) is 2. The Bertz CT molecular complexity index is 472. The highest BCUT2D eigenvalue weighted by Gasteiger charge is 2.17. The van der Waals surface area contributed by atoms with Crippen molar-refractivity contribution in [2.24, 2.45) is 0 Å². The lowest BCUT2D eigenvalue weighted by Crippen LogP contribution is -2.40. The Morgan fingerprint density at radius 3 is 2.71 bits per heavy atom. The van der Waals surface area contributed by atoms with Gasteiger partial charge in [-0.2, -0.15) is 0 Å². The van der Waals surface area contributed by atoms with Crippen LogP contribution in [0.2, 0.25) is 0 Å². The molecule has 17 heavy (non-hydrogen) atoms. The van der Waals surface area contributed by atoms with Crippen molar-refractivity contribution < 1.29 is 9.90 Å². The van der Waals surface area contributed by atoms with Gasteiger partial charge < -0.3 is 10.4 Å². The van der Waals surface area contributed by atoms with Crippen LogP contribution in [0.1, 0.15) is 40.9 Å². The molecule has 0 atom stereocenters. The van der Waals surface area contributed by atoms with Crippen molar-refractivity contribution >= 4 is 17.2 Å². The fraction of sp³-hybridized carbons (Fsp3) is 0.462. The Balaban J connectivity index is 2.90. The second-order valence-electron chi connectivity index (χ2n) is 4.79. The number of carbonyl (C=O) groups is 1. The number of amides is 1. The molecule has 0 aliphatic heterocycles. The molecule has 0 saturated heterocycles. The Kier molecular flexibility index (Phi) is 4.33. The first-order valence-electron chi connectivity index (χ1n) is 5.36. The molecule has 0 aromatic carbocycles. The van der Waals surface area contributed by atoms with Crippen molar-refractivity contribution in [2.45, 2.75) is 33.2 Å². The monoisotopic (exact) mass is 251 g/mol. The molecule has 2 N–H and O–H groups in total. The predicted octanol–water partition coefficient (Wildman–Crippen LogP) is 1.93. The predicted molar refractivity (Wildman–Crippen MR) is 70.2 cm³/mol. The maximum atomic E-state index is 11.9. The van der Waals surface area contributed by atoms with Crippen LogP contribution in [-0.2, 0) is 0 Å². The molecule has 92 valence electrons. The van der Waals surface area contributed by atoms with E-state index >= 15 is 0 Å². The minimum absolute atomic E-state index is 0.0809. The summed E-state index contributed by atoms with van der Waals surface area (Å²) in [6.45, 7) is 7.57. The van der Waals surface area contributed by atoms with Crippen LogP contribution in [0, 0.1) is 18.8 Å². The van der Waals surface area contributed by atoms with Crippen molar-refractivity contribution in [3.63, 3.8) is 0 Å². The standard InChI is InChI=1S/C13H17NO2S/c1-9-8-11(12(16)14-13(2,3)4)17-10(9)6-5-7-15/h8,15H,7H2,1-4H3,(H,14,16). The Morgan fingerprint density at radius 1 is 1.53 bits per heavy atom. The van der Waals surface area contributed by atoms with Gasteiger partial charge in [0, 0.05) is 5.54 Å². The lowest BCUT2D eigenvalue weighted by Gasteiger charge is -2.19. The van der Waals surface area contributed by atoms with Gasteiger partial charge in [-0.05, 0) is 39.3 Å². The van der Waals surface area contributed by atoms with Crippen LogP contribution in [-0.4, -0.2) is 23.2 Å². The van der Waals surface area contributed by atoms with E-state index in [0.717, 1.165) is 10.4 Å². The van der Waals surface area contributed by atoms with Gasteiger partial charge in [0.2, 0.25) is 0 Å². The number of thiophene rings is 1. The molecule has 0 saturated carbocycles. The molecule has 1 amide bonds. The average Bonchev–Trinajstić information content (AvgIpc) is 2.54. The number of carbonyl (C=O) groups excluding carboxylic acids is 1.